The van der Waals surface area contributed by atoms with Gasteiger partial charge in [0.25, 0.3) is 5.91 Å². The molecule has 2 fully saturated rings. The van der Waals surface area contributed by atoms with Crippen molar-refractivity contribution in [3.8, 4) is 0 Å². The molecule has 3 rings (SSSR count). The zero-order chi connectivity index (χ0) is 15.7. The van der Waals surface area contributed by atoms with E-state index in [1.165, 1.54) is 0 Å². The van der Waals surface area contributed by atoms with Crippen LogP contribution in [0.3, 0.4) is 0 Å². The summed E-state index contributed by atoms with van der Waals surface area (Å²) in [5.41, 5.74) is 1.30. The maximum Gasteiger partial charge on any atom is 0.254 e. The number of ether oxygens (including phenoxy) is 1. The van der Waals surface area contributed by atoms with E-state index >= 15 is 0 Å². The van der Waals surface area contributed by atoms with Gasteiger partial charge in [-0.15, -0.1) is 0 Å². The molecule has 1 aliphatic heterocycles. The van der Waals surface area contributed by atoms with Gasteiger partial charge in [-0.05, 0) is 44.9 Å². The lowest BCUT2D eigenvalue weighted by molar-refractivity contribution is -0.117. The van der Waals surface area contributed by atoms with Gasteiger partial charge < -0.3 is 15.0 Å². The summed E-state index contributed by atoms with van der Waals surface area (Å²) in [5, 5.41) is 2.89. The fourth-order valence-electron chi connectivity index (χ4n) is 2.85. The highest BCUT2D eigenvalue weighted by Gasteiger charge is 2.30. The Bertz CT molecular complexity index is 573. The van der Waals surface area contributed by atoms with Gasteiger partial charge in [-0.25, -0.2) is 0 Å². The van der Waals surface area contributed by atoms with Crippen LogP contribution in [0.25, 0.3) is 0 Å². The van der Waals surface area contributed by atoms with E-state index in [1.807, 2.05) is 30.9 Å². The van der Waals surface area contributed by atoms with Gasteiger partial charge in [-0.3, -0.25) is 9.59 Å². The summed E-state index contributed by atoms with van der Waals surface area (Å²) in [7, 11) is 0. The lowest BCUT2D eigenvalue weighted by atomic mass is 10.1. The third-order valence-electron chi connectivity index (χ3n) is 4.03. The van der Waals surface area contributed by atoms with Crippen LogP contribution >= 0.6 is 0 Å². The van der Waals surface area contributed by atoms with E-state index in [0.717, 1.165) is 12.8 Å². The highest BCUT2D eigenvalue weighted by atomic mass is 16.5. The van der Waals surface area contributed by atoms with Crippen LogP contribution < -0.4 is 5.32 Å². The fourth-order valence-corrected chi connectivity index (χ4v) is 2.85. The number of benzene rings is 1. The summed E-state index contributed by atoms with van der Waals surface area (Å²) in [4.78, 5) is 26.3. The highest BCUT2D eigenvalue weighted by molar-refractivity contribution is 5.98. The first-order valence-corrected chi connectivity index (χ1v) is 7.88. The molecule has 1 heterocycles. The molecular formula is C17H22N2O3. The van der Waals surface area contributed by atoms with Crippen LogP contribution in [0.2, 0.25) is 0 Å². The number of nitrogens with one attached hydrogen (secondary N) is 1. The molecule has 2 aliphatic rings. The maximum absolute atomic E-state index is 12.6. The van der Waals surface area contributed by atoms with E-state index < -0.39 is 0 Å². The van der Waals surface area contributed by atoms with Crippen LogP contribution in [0, 0.1) is 5.92 Å². The Morgan fingerprint density at radius 3 is 2.50 bits per heavy atom. The molecule has 1 aromatic rings. The van der Waals surface area contributed by atoms with Crippen molar-refractivity contribution in [1.29, 1.82) is 0 Å². The van der Waals surface area contributed by atoms with Gasteiger partial charge in [0.1, 0.15) is 0 Å². The number of hydrogen-bond donors (Lipinski definition) is 1. The summed E-state index contributed by atoms with van der Waals surface area (Å²) < 4.78 is 5.66. The SMILES string of the molecule is CC1CN(C(=O)c2cccc(NC(=O)C3CC3)c2)CC(C)O1. The first-order valence-electron chi connectivity index (χ1n) is 7.88. The largest absolute Gasteiger partial charge is 0.372 e. The second-order valence-electron chi connectivity index (χ2n) is 6.31. The minimum absolute atomic E-state index is 0.00970. The molecule has 0 radical (unpaired) electrons. The summed E-state index contributed by atoms with van der Waals surface area (Å²) in [6, 6.07) is 7.18. The molecule has 118 valence electrons. The summed E-state index contributed by atoms with van der Waals surface area (Å²) in [6.45, 7) is 5.15. The van der Waals surface area contributed by atoms with Crippen LogP contribution in [0.1, 0.15) is 37.0 Å². The standard InChI is InChI=1S/C17H22N2O3/c1-11-9-19(10-12(2)22-11)17(21)14-4-3-5-15(8-14)18-16(20)13-6-7-13/h3-5,8,11-13H,6-7,9-10H2,1-2H3,(H,18,20). The Hall–Kier alpha value is -1.88. The van der Waals surface area contributed by atoms with Gasteiger partial charge in [0.15, 0.2) is 0 Å². The molecule has 2 amide bonds. The van der Waals surface area contributed by atoms with E-state index in [0.29, 0.717) is 24.3 Å². The van der Waals surface area contributed by atoms with Gasteiger partial charge >= 0.3 is 0 Å². The van der Waals surface area contributed by atoms with Crippen molar-refractivity contribution in [2.24, 2.45) is 5.92 Å². The van der Waals surface area contributed by atoms with E-state index in [2.05, 4.69) is 5.32 Å². The summed E-state index contributed by atoms with van der Waals surface area (Å²) in [6.07, 6.45) is 2.03. The number of morpholine rings is 1. The van der Waals surface area contributed by atoms with Crippen molar-refractivity contribution >= 4 is 17.5 Å². The number of nitrogens with zero attached hydrogens (tertiary/aromatic N) is 1. The van der Waals surface area contributed by atoms with Crippen molar-refractivity contribution in [2.75, 3.05) is 18.4 Å². The number of amides is 2. The van der Waals surface area contributed by atoms with Crippen LogP contribution in [-0.4, -0.2) is 42.0 Å². The molecule has 1 aromatic carbocycles. The molecule has 1 saturated carbocycles. The molecule has 1 aliphatic carbocycles. The monoisotopic (exact) mass is 302 g/mol. The number of rotatable bonds is 3. The van der Waals surface area contributed by atoms with Crippen molar-refractivity contribution < 1.29 is 14.3 Å². The molecule has 0 aromatic heterocycles. The van der Waals surface area contributed by atoms with Crippen LogP contribution in [0.5, 0.6) is 0 Å². The lowest BCUT2D eigenvalue weighted by Crippen LogP contribution is -2.48. The van der Waals surface area contributed by atoms with Gasteiger partial charge in [0.05, 0.1) is 12.2 Å². The van der Waals surface area contributed by atoms with E-state index in [1.54, 1.807) is 12.1 Å². The molecule has 0 bridgehead atoms. The van der Waals surface area contributed by atoms with Crippen LogP contribution in [-0.2, 0) is 9.53 Å². The topological polar surface area (TPSA) is 58.6 Å². The average Bonchev–Trinajstić information content (AvgIpc) is 3.30. The van der Waals surface area contributed by atoms with Gasteiger partial charge in [-0.2, -0.15) is 0 Å². The zero-order valence-corrected chi connectivity index (χ0v) is 13.0. The molecule has 5 nitrogen and oxygen atoms in total. The normalized spacial score (nSPS) is 24.9. The van der Waals surface area contributed by atoms with Crippen LogP contribution in [0.4, 0.5) is 5.69 Å². The smallest absolute Gasteiger partial charge is 0.254 e. The van der Waals surface area contributed by atoms with Crippen LogP contribution in [0.15, 0.2) is 24.3 Å². The molecule has 1 N–H and O–H groups in total. The second-order valence-corrected chi connectivity index (χ2v) is 6.31. The average molecular weight is 302 g/mol. The number of carbonyl (C=O) groups is 2. The molecule has 22 heavy (non-hydrogen) atoms. The Morgan fingerprint density at radius 1 is 1.18 bits per heavy atom. The predicted octanol–water partition coefficient (Wildman–Crippen LogP) is 2.28. The summed E-state index contributed by atoms with van der Waals surface area (Å²) >= 11 is 0. The molecule has 2 atom stereocenters. The van der Waals surface area contributed by atoms with Crippen molar-refractivity contribution in [3.05, 3.63) is 29.8 Å². The van der Waals surface area contributed by atoms with Crippen molar-refractivity contribution in [3.63, 3.8) is 0 Å². The highest BCUT2D eigenvalue weighted by Crippen LogP contribution is 2.30. The van der Waals surface area contributed by atoms with E-state index in [-0.39, 0.29) is 29.9 Å². The molecule has 2 unspecified atom stereocenters. The maximum atomic E-state index is 12.6. The minimum Gasteiger partial charge on any atom is -0.372 e. The number of hydrogen-bond acceptors (Lipinski definition) is 3. The van der Waals surface area contributed by atoms with Gasteiger partial charge in [-0.1, -0.05) is 6.07 Å². The minimum atomic E-state index is -0.00970. The van der Waals surface area contributed by atoms with Gasteiger partial charge in [0, 0.05) is 30.3 Å². The van der Waals surface area contributed by atoms with E-state index in [4.69, 9.17) is 4.74 Å². The molecule has 5 heteroatoms. The first kappa shape index (κ1) is 15.0. The fraction of sp³-hybridized carbons (Fsp3) is 0.529. The Labute approximate surface area is 130 Å². The first-order chi connectivity index (χ1) is 10.5. The third-order valence-corrected chi connectivity index (χ3v) is 4.03. The Kier molecular flexibility index (Phi) is 4.16. The zero-order valence-electron chi connectivity index (χ0n) is 13.0. The number of carbonyl (C=O) groups excluding carboxylic acids is 2. The molecular weight excluding hydrogens is 280 g/mol. The van der Waals surface area contributed by atoms with Gasteiger partial charge in [0.2, 0.25) is 5.91 Å². The van der Waals surface area contributed by atoms with E-state index in [9.17, 15) is 9.59 Å². The third kappa shape index (κ3) is 3.47. The predicted molar refractivity (Wildman–Crippen MR) is 83.7 cm³/mol. The molecule has 0 spiro atoms. The lowest BCUT2D eigenvalue weighted by Gasteiger charge is -2.35. The Morgan fingerprint density at radius 2 is 1.86 bits per heavy atom. The quantitative estimate of drug-likeness (QED) is 0.932. The van der Waals surface area contributed by atoms with Crippen molar-refractivity contribution in [1.82, 2.24) is 4.90 Å². The molecule has 1 saturated heterocycles. The second kappa shape index (κ2) is 6.08. The van der Waals surface area contributed by atoms with Crippen molar-refractivity contribution in [2.45, 2.75) is 38.9 Å². The Balaban J connectivity index is 1.70. The summed E-state index contributed by atoms with van der Waals surface area (Å²) in [5.74, 6) is 0.197. The number of anilines is 1.